The highest BCUT2D eigenvalue weighted by molar-refractivity contribution is 7.86. The molecule has 0 radical (unpaired) electrons. The lowest BCUT2D eigenvalue weighted by molar-refractivity contribution is 0.547. The summed E-state index contributed by atoms with van der Waals surface area (Å²) in [4.78, 5) is 6.52. The number of hydrogen-bond acceptors (Lipinski definition) is 4. The van der Waals surface area contributed by atoms with Crippen LogP contribution in [0, 0.1) is 0 Å². The van der Waals surface area contributed by atoms with Crippen LogP contribution in [-0.4, -0.2) is 18.4 Å². The summed E-state index contributed by atoms with van der Waals surface area (Å²) in [6.07, 6.45) is 1.70. The first-order valence-corrected chi connectivity index (χ1v) is 4.18. The molecule has 0 saturated heterocycles. The van der Waals surface area contributed by atoms with Gasteiger partial charge in [-0.3, -0.25) is 0 Å². The van der Waals surface area contributed by atoms with E-state index in [-0.39, 0.29) is 5.15 Å². The van der Waals surface area contributed by atoms with Crippen LogP contribution in [0.1, 0.15) is 0 Å². The van der Waals surface area contributed by atoms with Crippen molar-refractivity contribution in [3.63, 3.8) is 0 Å². The number of aromatic nitrogens is 2. The molecular weight excluding hydrogens is 195 g/mol. The van der Waals surface area contributed by atoms with Crippen LogP contribution >= 0.6 is 11.6 Å². The lowest BCUT2D eigenvalue weighted by atomic mass is 10.8. The fraction of sp³-hybridized carbons (Fsp3) is 0. The Kier molecular flexibility index (Phi) is 2.05. The molecule has 0 aliphatic carbocycles. The van der Waals surface area contributed by atoms with E-state index in [9.17, 15) is 12.3 Å². The van der Waals surface area contributed by atoms with Crippen molar-refractivity contribution in [2.75, 3.05) is 0 Å². The molecule has 0 aromatic carbocycles. The van der Waals surface area contributed by atoms with E-state index in [1.807, 2.05) is 0 Å². The van der Waals surface area contributed by atoms with Crippen LogP contribution in [0.5, 0.6) is 0 Å². The van der Waals surface area contributed by atoms with Crippen LogP contribution in [0.4, 0.5) is 3.89 Å². The minimum Gasteiger partial charge on any atom is -0.240 e. The quantitative estimate of drug-likeness (QED) is 0.623. The van der Waals surface area contributed by atoms with Gasteiger partial charge in [-0.2, -0.15) is 8.42 Å². The Morgan fingerprint density at radius 2 is 2.00 bits per heavy atom. The number of rotatable bonds is 1. The second-order valence-electron chi connectivity index (χ2n) is 1.62. The zero-order chi connectivity index (χ0) is 8.48. The van der Waals surface area contributed by atoms with Gasteiger partial charge in [-0.25, -0.2) is 9.97 Å². The molecule has 0 saturated carbocycles. The first-order chi connectivity index (χ1) is 5.00. The van der Waals surface area contributed by atoms with Crippen molar-refractivity contribution in [1.29, 1.82) is 0 Å². The molecule has 0 bridgehead atoms. The Hall–Kier alpha value is -0.750. The molecule has 1 rings (SSSR count). The van der Waals surface area contributed by atoms with Gasteiger partial charge in [0.2, 0.25) is 5.03 Å². The molecule has 60 valence electrons. The molecule has 0 N–H and O–H groups in total. The summed E-state index contributed by atoms with van der Waals surface area (Å²) in [5.41, 5.74) is 0. The Bertz CT molecular complexity index is 349. The predicted octanol–water partition coefficient (Wildman–Crippen LogP) is 0.788. The minimum absolute atomic E-state index is 0.0115. The van der Waals surface area contributed by atoms with Crippen LogP contribution in [-0.2, 0) is 10.2 Å². The first kappa shape index (κ1) is 8.35. The molecule has 1 aromatic rings. The first-order valence-electron chi connectivity index (χ1n) is 2.42. The smallest absolute Gasteiger partial charge is 0.240 e. The number of halogens is 2. The minimum atomic E-state index is -4.75. The molecule has 0 amide bonds. The van der Waals surface area contributed by atoms with E-state index in [1.165, 1.54) is 0 Å². The topological polar surface area (TPSA) is 59.9 Å². The van der Waals surface area contributed by atoms with Crippen LogP contribution in [0.3, 0.4) is 0 Å². The third-order valence-corrected chi connectivity index (χ3v) is 1.75. The summed E-state index contributed by atoms with van der Waals surface area (Å²) < 4.78 is 32.3. The number of hydrogen-bond donors (Lipinski definition) is 0. The van der Waals surface area contributed by atoms with E-state index < -0.39 is 15.2 Å². The molecule has 0 fully saturated rings. The summed E-state index contributed by atoms with van der Waals surface area (Å²) in [5.74, 6) is 0. The van der Waals surface area contributed by atoms with Gasteiger partial charge in [0.05, 0.1) is 12.4 Å². The van der Waals surface area contributed by atoms with Crippen LogP contribution in [0.15, 0.2) is 17.4 Å². The van der Waals surface area contributed by atoms with Gasteiger partial charge in [0.25, 0.3) is 0 Å². The highest BCUT2D eigenvalue weighted by Gasteiger charge is 2.13. The number of nitrogens with zero attached hydrogens (tertiary/aromatic N) is 2. The zero-order valence-corrected chi connectivity index (χ0v) is 6.60. The second kappa shape index (κ2) is 2.71. The lowest BCUT2D eigenvalue weighted by Gasteiger charge is -1.90. The molecule has 0 unspecified atom stereocenters. The average molecular weight is 197 g/mol. The van der Waals surface area contributed by atoms with Gasteiger partial charge in [-0.1, -0.05) is 15.5 Å². The molecular formula is C4H2ClFN2O2S. The average Bonchev–Trinajstić information content (AvgIpc) is 1.86. The molecule has 0 atom stereocenters. The Morgan fingerprint density at radius 1 is 1.36 bits per heavy atom. The fourth-order valence-corrected chi connectivity index (χ4v) is 0.881. The molecule has 1 aromatic heterocycles. The summed E-state index contributed by atoms with van der Waals surface area (Å²) in [6, 6.07) is 0. The van der Waals surface area contributed by atoms with Crippen molar-refractivity contribution in [2.45, 2.75) is 5.03 Å². The molecule has 1 heterocycles. The van der Waals surface area contributed by atoms with Gasteiger partial charge in [-0.05, 0) is 0 Å². The van der Waals surface area contributed by atoms with Crippen molar-refractivity contribution < 1.29 is 12.3 Å². The van der Waals surface area contributed by atoms with Crippen molar-refractivity contribution >= 4 is 21.8 Å². The van der Waals surface area contributed by atoms with Crippen molar-refractivity contribution in [2.24, 2.45) is 0 Å². The van der Waals surface area contributed by atoms with E-state index in [1.54, 1.807) is 0 Å². The maximum Gasteiger partial charge on any atom is 0.351 e. The van der Waals surface area contributed by atoms with Gasteiger partial charge in [0, 0.05) is 0 Å². The maximum atomic E-state index is 12.1. The molecule has 0 aliphatic heterocycles. The third kappa shape index (κ3) is 2.09. The van der Waals surface area contributed by atoms with E-state index in [0.717, 1.165) is 12.4 Å². The monoisotopic (exact) mass is 196 g/mol. The van der Waals surface area contributed by atoms with E-state index in [4.69, 9.17) is 11.6 Å². The van der Waals surface area contributed by atoms with Gasteiger partial charge in [0.15, 0.2) is 0 Å². The zero-order valence-electron chi connectivity index (χ0n) is 5.03. The van der Waals surface area contributed by atoms with Gasteiger partial charge < -0.3 is 0 Å². The third-order valence-electron chi connectivity index (χ3n) is 0.846. The van der Waals surface area contributed by atoms with Crippen LogP contribution in [0.2, 0.25) is 5.15 Å². The molecule has 0 aliphatic rings. The van der Waals surface area contributed by atoms with Crippen LogP contribution < -0.4 is 0 Å². The van der Waals surface area contributed by atoms with Crippen molar-refractivity contribution in [3.05, 3.63) is 17.5 Å². The van der Waals surface area contributed by atoms with E-state index >= 15 is 0 Å². The normalized spacial score (nSPS) is 11.5. The Labute approximate surface area is 67.3 Å². The summed E-state index contributed by atoms with van der Waals surface area (Å²) in [5, 5.41) is -0.723. The SMILES string of the molecule is O=S(=O)(F)c1cnc(Cl)cn1. The van der Waals surface area contributed by atoms with Gasteiger partial charge in [0.1, 0.15) is 5.15 Å². The molecule has 7 heteroatoms. The summed E-state index contributed by atoms with van der Waals surface area (Å²) >= 11 is 5.27. The van der Waals surface area contributed by atoms with Gasteiger partial charge in [-0.15, -0.1) is 0 Å². The standard InChI is InChI=1S/C4H2ClFN2O2S/c5-3-1-8-4(2-7-3)11(6,9)10/h1-2H. The van der Waals surface area contributed by atoms with Crippen molar-refractivity contribution in [1.82, 2.24) is 9.97 Å². The fourth-order valence-electron chi connectivity index (χ4n) is 0.426. The van der Waals surface area contributed by atoms with Crippen molar-refractivity contribution in [3.8, 4) is 0 Å². The Morgan fingerprint density at radius 3 is 2.36 bits per heavy atom. The lowest BCUT2D eigenvalue weighted by Crippen LogP contribution is -1.96. The Balaban J connectivity index is 3.20. The highest BCUT2D eigenvalue weighted by Crippen LogP contribution is 2.08. The van der Waals surface area contributed by atoms with E-state index in [0.29, 0.717) is 0 Å². The molecule has 4 nitrogen and oxygen atoms in total. The molecule has 11 heavy (non-hydrogen) atoms. The molecule has 0 spiro atoms. The second-order valence-corrected chi connectivity index (χ2v) is 3.30. The highest BCUT2D eigenvalue weighted by atomic mass is 35.5. The van der Waals surface area contributed by atoms with Gasteiger partial charge >= 0.3 is 10.2 Å². The van der Waals surface area contributed by atoms with Crippen LogP contribution in [0.25, 0.3) is 0 Å². The predicted molar refractivity (Wildman–Crippen MR) is 35.3 cm³/mol. The largest absolute Gasteiger partial charge is 0.351 e. The maximum absolute atomic E-state index is 12.1. The summed E-state index contributed by atoms with van der Waals surface area (Å²) in [6.45, 7) is 0. The summed E-state index contributed by atoms with van der Waals surface area (Å²) in [7, 11) is -4.75. The van der Waals surface area contributed by atoms with E-state index in [2.05, 4.69) is 9.97 Å².